The molecule has 0 spiro atoms. The molecule has 2 aromatic carbocycles. The lowest BCUT2D eigenvalue weighted by Gasteiger charge is -2.10. The van der Waals surface area contributed by atoms with E-state index in [4.69, 9.17) is 26.3 Å². The third kappa shape index (κ3) is 3.94. The third-order valence-corrected chi connectivity index (χ3v) is 4.82. The highest BCUT2D eigenvalue weighted by molar-refractivity contribution is 7.86. The molecular formula is C17H14ClNO5S. The fraction of sp³-hybridized carbons (Fsp3) is 0.118. The predicted octanol–water partition coefficient (Wildman–Crippen LogP) is 2.65. The van der Waals surface area contributed by atoms with Crippen LogP contribution in [0.4, 0.5) is 0 Å². The Morgan fingerprint density at radius 2 is 1.84 bits per heavy atom. The first-order valence-corrected chi connectivity index (χ1v) is 9.23. The molecule has 130 valence electrons. The van der Waals surface area contributed by atoms with Crippen LogP contribution < -0.4 is 5.73 Å². The van der Waals surface area contributed by atoms with Gasteiger partial charge < -0.3 is 14.7 Å². The van der Waals surface area contributed by atoms with Crippen LogP contribution in [-0.4, -0.2) is 14.2 Å². The van der Waals surface area contributed by atoms with Crippen molar-refractivity contribution in [3.63, 3.8) is 0 Å². The van der Waals surface area contributed by atoms with Crippen molar-refractivity contribution >= 4 is 27.5 Å². The zero-order valence-electron chi connectivity index (χ0n) is 12.9. The molecule has 1 heterocycles. The molecule has 0 amide bonds. The molecule has 0 unspecified atom stereocenters. The number of benzene rings is 2. The highest BCUT2D eigenvalue weighted by Gasteiger charge is 2.39. The summed E-state index contributed by atoms with van der Waals surface area (Å²) >= 11 is 5.90. The maximum Gasteiger partial charge on any atom is 0.313 e. The smallest absolute Gasteiger partial charge is 0.313 e. The van der Waals surface area contributed by atoms with Gasteiger partial charge in [-0.1, -0.05) is 54.1 Å². The van der Waals surface area contributed by atoms with E-state index in [1.807, 2.05) is 0 Å². The number of Topliss-reactive ketones (excluding diaryl/α,β-unsaturated/α-hetero) is 1. The molecule has 2 N–H and O–H groups in total. The van der Waals surface area contributed by atoms with Crippen LogP contribution in [0.1, 0.15) is 17.2 Å². The first kappa shape index (κ1) is 17.3. The summed E-state index contributed by atoms with van der Waals surface area (Å²) in [5.74, 6) is -1.94. The summed E-state index contributed by atoms with van der Waals surface area (Å²) in [4.78, 5) is 12.5. The summed E-state index contributed by atoms with van der Waals surface area (Å²) in [6, 6.07) is 14.9. The molecule has 1 aliphatic heterocycles. The number of carbonyl (C=O) groups excluding carboxylic acids is 1. The predicted molar refractivity (Wildman–Crippen MR) is 91.6 cm³/mol. The van der Waals surface area contributed by atoms with Crippen molar-refractivity contribution in [3.05, 3.63) is 82.4 Å². The molecule has 0 saturated carbocycles. The van der Waals surface area contributed by atoms with Crippen LogP contribution >= 0.6 is 11.6 Å². The number of hydrogen-bond donors (Lipinski definition) is 1. The second-order valence-corrected chi connectivity index (χ2v) is 7.39. The number of carbonyl (C=O) groups is 1. The van der Waals surface area contributed by atoms with Crippen LogP contribution in [-0.2, 0) is 29.6 Å². The normalized spacial score (nSPS) is 17.5. The largest absolute Gasteiger partial charge is 0.460 e. The minimum Gasteiger partial charge on any atom is -0.460 e. The maximum atomic E-state index is 12.5. The number of nitrogens with two attached hydrogens (primary N) is 1. The zero-order valence-corrected chi connectivity index (χ0v) is 14.5. The van der Waals surface area contributed by atoms with Crippen molar-refractivity contribution in [2.75, 3.05) is 0 Å². The Bertz CT molecular complexity index is 941. The van der Waals surface area contributed by atoms with E-state index in [0.29, 0.717) is 16.1 Å². The van der Waals surface area contributed by atoms with Gasteiger partial charge in [0.15, 0.2) is 6.10 Å². The van der Waals surface area contributed by atoms with Crippen LogP contribution in [0, 0.1) is 0 Å². The third-order valence-electron chi connectivity index (χ3n) is 3.48. The summed E-state index contributed by atoms with van der Waals surface area (Å²) in [7, 11) is -4.06. The topological polar surface area (TPSA) is 95.7 Å². The number of halogens is 1. The van der Waals surface area contributed by atoms with E-state index in [-0.39, 0.29) is 11.6 Å². The highest BCUT2D eigenvalue weighted by Crippen LogP contribution is 2.33. The quantitative estimate of drug-likeness (QED) is 0.802. The molecule has 1 aliphatic rings. The van der Waals surface area contributed by atoms with Gasteiger partial charge in [-0.15, -0.1) is 0 Å². The Hall–Kier alpha value is -2.51. The van der Waals surface area contributed by atoms with Crippen molar-refractivity contribution in [1.29, 1.82) is 0 Å². The molecule has 0 saturated heterocycles. The minimum atomic E-state index is -4.06. The Labute approximate surface area is 149 Å². The zero-order chi connectivity index (χ0) is 18.0. The summed E-state index contributed by atoms with van der Waals surface area (Å²) in [5, 5.41) is 0.415. The van der Waals surface area contributed by atoms with Gasteiger partial charge >= 0.3 is 10.1 Å². The number of ketones is 1. The monoisotopic (exact) mass is 379 g/mol. The molecule has 3 rings (SSSR count). The molecular weight excluding hydrogens is 366 g/mol. The number of rotatable bonds is 5. The average Bonchev–Trinajstić information content (AvgIpc) is 2.83. The van der Waals surface area contributed by atoms with Gasteiger partial charge in [-0.3, -0.25) is 4.79 Å². The van der Waals surface area contributed by atoms with E-state index in [1.165, 1.54) is 0 Å². The molecule has 0 bridgehead atoms. The van der Waals surface area contributed by atoms with E-state index >= 15 is 0 Å². The lowest BCUT2D eigenvalue weighted by molar-refractivity contribution is -0.123. The van der Waals surface area contributed by atoms with E-state index in [9.17, 15) is 13.2 Å². The van der Waals surface area contributed by atoms with Crippen molar-refractivity contribution < 1.29 is 22.1 Å². The van der Waals surface area contributed by atoms with Crippen LogP contribution in [0.25, 0.3) is 0 Å². The fourth-order valence-electron chi connectivity index (χ4n) is 2.38. The first-order valence-electron chi connectivity index (χ1n) is 7.28. The average molecular weight is 380 g/mol. The van der Waals surface area contributed by atoms with Crippen molar-refractivity contribution in [2.45, 2.75) is 11.9 Å². The molecule has 25 heavy (non-hydrogen) atoms. The standard InChI is InChI=1S/C17H14ClNO5S/c18-13-8-4-7-12(9-13)15-14(20)16(17(19)23-15)24-25(21,22)10-11-5-2-1-3-6-11/h1-9,15H,10,19H2/t15-/m1/s1. The SMILES string of the molecule is NC1=C(OS(=O)(=O)Cc2ccccc2)C(=O)[C@@H](c2cccc(Cl)c2)O1. The molecule has 8 heteroatoms. The van der Waals surface area contributed by atoms with Gasteiger partial charge in [0.2, 0.25) is 17.4 Å². The summed E-state index contributed by atoms with van der Waals surface area (Å²) in [6.45, 7) is 0. The Balaban J connectivity index is 1.78. The van der Waals surface area contributed by atoms with Gasteiger partial charge in [-0.2, -0.15) is 8.42 Å². The Morgan fingerprint density at radius 1 is 1.12 bits per heavy atom. The molecule has 1 atom stereocenters. The second-order valence-electron chi connectivity index (χ2n) is 5.38. The van der Waals surface area contributed by atoms with Crippen molar-refractivity contribution in [1.82, 2.24) is 0 Å². The van der Waals surface area contributed by atoms with E-state index in [1.54, 1.807) is 54.6 Å². The van der Waals surface area contributed by atoms with Crippen LogP contribution in [0.5, 0.6) is 0 Å². The molecule has 0 aliphatic carbocycles. The van der Waals surface area contributed by atoms with E-state index in [2.05, 4.69) is 0 Å². The molecule has 0 fully saturated rings. The summed E-state index contributed by atoms with van der Waals surface area (Å²) < 4.78 is 34.6. The maximum absolute atomic E-state index is 12.5. The number of ether oxygens (including phenoxy) is 1. The van der Waals surface area contributed by atoms with E-state index in [0.717, 1.165) is 0 Å². The van der Waals surface area contributed by atoms with Gasteiger partial charge in [0.05, 0.1) is 0 Å². The van der Waals surface area contributed by atoms with Crippen LogP contribution in [0.15, 0.2) is 66.2 Å². The molecule has 0 aromatic heterocycles. The molecule has 0 radical (unpaired) electrons. The lowest BCUT2D eigenvalue weighted by Crippen LogP contribution is -2.16. The lowest BCUT2D eigenvalue weighted by atomic mass is 10.1. The van der Waals surface area contributed by atoms with Crippen LogP contribution in [0.2, 0.25) is 5.02 Å². The van der Waals surface area contributed by atoms with Gasteiger partial charge in [-0.25, -0.2) is 0 Å². The summed E-state index contributed by atoms with van der Waals surface area (Å²) in [6.07, 6.45) is -1.08. The van der Waals surface area contributed by atoms with Crippen molar-refractivity contribution in [2.24, 2.45) is 5.73 Å². The minimum absolute atomic E-state index is 0.369. The van der Waals surface area contributed by atoms with Gasteiger partial charge in [0, 0.05) is 10.6 Å². The first-order chi connectivity index (χ1) is 11.9. The number of hydrogen-bond acceptors (Lipinski definition) is 6. The highest BCUT2D eigenvalue weighted by atomic mass is 35.5. The molecule has 2 aromatic rings. The van der Waals surface area contributed by atoms with Crippen molar-refractivity contribution in [3.8, 4) is 0 Å². The Morgan fingerprint density at radius 3 is 2.52 bits per heavy atom. The van der Waals surface area contributed by atoms with Crippen LogP contribution in [0.3, 0.4) is 0 Å². The fourth-order valence-corrected chi connectivity index (χ4v) is 3.66. The van der Waals surface area contributed by atoms with E-state index < -0.39 is 27.8 Å². The second kappa shape index (κ2) is 6.78. The Kier molecular flexibility index (Phi) is 4.69. The van der Waals surface area contributed by atoms with Gasteiger partial charge in [0.1, 0.15) is 5.75 Å². The van der Waals surface area contributed by atoms with Gasteiger partial charge in [0.25, 0.3) is 0 Å². The summed E-state index contributed by atoms with van der Waals surface area (Å²) in [5.41, 5.74) is 6.64. The van der Waals surface area contributed by atoms with Gasteiger partial charge in [-0.05, 0) is 17.7 Å². The molecule has 6 nitrogen and oxygen atoms in total.